The molecule has 0 aliphatic carbocycles. The SMILES string of the molecule is CC.[B]C(=O)c1cn([B]CCCC)c2ccccc12. The number of carbonyl (C=O) groups is 1. The number of unbranched alkanes of at least 4 members (excludes halogenated alkanes) is 1. The number of hydrogen-bond donors (Lipinski definition) is 0. The van der Waals surface area contributed by atoms with Crippen LogP contribution in [0.5, 0.6) is 0 Å². The number of aromatic nitrogens is 1. The van der Waals surface area contributed by atoms with E-state index in [4.69, 9.17) is 7.85 Å². The molecular formula is C15H20B2NO. The van der Waals surface area contributed by atoms with Crippen molar-refractivity contribution >= 4 is 31.8 Å². The van der Waals surface area contributed by atoms with Crippen LogP contribution in [0.15, 0.2) is 30.5 Å². The Hall–Kier alpha value is -1.44. The summed E-state index contributed by atoms with van der Waals surface area (Å²) in [5.41, 5.74) is 1.26. The molecule has 0 atom stereocenters. The Bertz CT molecular complexity index is 534. The average Bonchev–Trinajstić information content (AvgIpc) is 2.81. The van der Waals surface area contributed by atoms with Crippen LogP contribution >= 0.6 is 0 Å². The standard InChI is InChI=1S/C13H14B2NO.C2H6/c1-2-3-8-15-16-9-11(13(14)17)10-6-4-5-7-12(10)16;1-2/h4-7,9H,2-3,8H2,1H3;1-2H3. The van der Waals surface area contributed by atoms with Crippen LogP contribution in [0.2, 0.25) is 6.32 Å². The number of para-hydroxylation sites is 1. The molecule has 2 aromatic rings. The molecule has 0 spiro atoms. The molecule has 4 heteroatoms. The predicted octanol–water partition coefficient (Wildman–Crippen LogP) is 3.66. The summed E-state index contributed by atoms with van der Waals surface area (Å²) in [7, 11) is 7.49. The minimum absolute atomic E-state index is 0.371. The van der Waals surface area contributed by atoms with Crippen molar-refractivity contribution in [2.24, 2.45) is 0 Å². The van der Waals surface area contributed by atoms with Gasteiger partial charge in [-0.1, -0.05) is 58.1 Å². The van der Waals surface area contributed by atoms with Crippen LogP contribution in [-0.2, 0) is 0 Å². The van der Waals surface area contributed by atoms with Crippen molar-refractivity contribution in [3.63, 3.8) is 0 Å². The number of rotatable bonds is 5. The van der Waals surface area contributed by atoms with Gasteiger partial charge in [-0.2, -0.15) is 0 Å². The summed E-state index contributed by atoms with van der Waals surface area (Å²) in [4.78, 5) is 11.4. The van der Waals surface area contributed by atoms with E-state index in [1.54, 1.807) is 0 Å². The summed E-state index contributed by atoms with van der Waals surface area (Å²) in [6, 6.07) is 7.83. The summed E-state index contributed by atoms with van der Waals surface area (Å²) in [5.74, 6) is 0. The zero-order valence-electron chi connectivity index (χ0n) is 12.0. The van der Waals surface area contributed by atoms with E-state index in [0.717, 1.165) is 23.6 Å². The molecule has 1 aromatic heterocycles. The second-order valence-electron chi connectivity index (χ2n) is 4.16. The Morgan fingerprint density at radius 3 is 2.63 bits per heavy atom. The van der Waals surface area contributed by atoms with E-state index in [9.17, 15) is 4.79 Å². The van der Waals surface area contributed by atoms with Gasteiger partial charge in [-0.3, -0.25) is 0 Å². The first kappa shape index (κ1) is 15.6. The largest absolute Gasteiger partial charge is 0.396 e. The van der Waals surface area contributed by atoms with Crippen LogP contribution in [0.3, 0.4) is 0 Å². The molecule has 1 aromatic carbocycles. The Morgan fingerprint density at radius 2 is 2.00 bits per heavy atom. The van der Waals surface area contributed by atoms with Crippen molar-refractivity contribution in [3.05, 3.63) is 36.0 Å². The lowest BCUT2D eigenvalue weighted by Gasteiger charge is -2.01. The third-order valence-electron chi connectivity index (χ3n) is 2.89. The van der Waals surface area contributed by atoms with Crippen LogP contribution in [0.25, 0.3) is 10.9 Å². The van der Waals surface area contributed by atoms with E-state index < -0.39 is 0 Å². The van der Waals surface area contributed by atoms with Gasteiger partial charge in [0.25, 0.3) is 7.41 Å². The van der Waals surface area contributed by atoms with Gasteiger partial charge in [0, 0.05) is 22.7 Å². The molecule has 97 valence electrons. The molecule has 0 aliphatic heterocycles. The monoisotopic (exact) mass is 252 g/mol. The van der Waals surface area contributed by atoms with Gasteiger partial charge in [0.15, 0.2) is 7.85 Å². The van der Waals surface area contributed by atoms with E-state index in [-0.39, 0.29) is 5.68 Å². The van der Waals surface area contributed by atoms with Gasteiger partial charge in [-0.25, -0.2) is 0 Å². The van der Waals surface area contributed by atoms with Gasteiger partial charge in [0.05, 0.1) is 0 Å². The molecule has 0 saturated heterocycles. The average molecular weight is 252 g/mol. The third kappa shape index (κ3) is 3.76. The maximum absolute atomic E-state index is 11.4. The number of nitrogens with zero attached hydrogens (tertiary/aromatic N) is 1. The highest BCUT2D eigenvalue weighted by Gasteiger charge is 2.10. The Morgan fingerprint density at radius 1 is 1.32 bits per heavy atom. The quantitative estimate of drug-likeness (QED) is 0.587. The van der Waals surface area contributed by atoms with E-state index in [0.29, 0.717) is 5.56 Å². The van der Waals surface area contributed by atoms with Crippen molar-refractivity contribution in [3.8, 4) is 0 Å². The van der Waals surface area contributed by atoms with Crippen molar-refractivity contribution in [1.82, 2.24) is 4.48 Å². The van der Waals surface area contributed by atoms with Crippen molar-refractivity contribution < 1.29 is 4.79 Å². The molecule has 0 N–H and O–H groups in total. The first-order valence-corrected chi connectivity index (χ1v) is 6.96. The Labute approximate surface area is 117 Å². The number of carbonyl (C=O) groups excluding carboxylic acids is 1. The smallest absolute Gasteiger partial charge is 0.252 e. The maximum atomic E-state index is 11.4. The molecular weight excluding hydrogens is 232 g/mol. The molecule has 0 fully saturated rings. The minimum Gasteiger partial charge on any atom is -0.396 e. The third-order valence-corrected chi connectivity index (χ3v) is 2.89. The van der Waals surface area contributed by atoms with Crippen LogP contribution in [0.1, 0.15) is 44.0 Å². The lowest BCUT2D eigenvalue weighted by Crippen LogP contribution is -2.04. The van der Waals surface area contributed by atoms with Gasteiger partial charge in [-0.05, 0) is 6.07 Å². The maximum Gasteiger partial charge on any atom is 0.252 e. The van der Waals surface area contributed by atoms with E-state index in [1.807, 2.05) is 48.8 Å². The summed E-state index contributed by atoms with van der Waals surface area (Å²) in [5, 5.41) is 0.924. The Kier molecular flexibility index (Phi) is 6.47. The van der Waals surface area contributed by atoms with Gasteiger partial charge in [0.2, 0.25) is 0 Å². The van der Waals surface area contributed by atoms with Gasteiger partial charge in [0.1, 0.15) is 5.68 Å². The fourth-order valence-electron chi connectivity index (χ4n) is 1.99. The normalized spacial score (nSPS) is 9.84. The fourth-order valence-corrected chi connectivity index (χ4v) is 1.99. The summed E-state index contributed by atoms with van der Waals surface area (Å²) in [6.07, 6.45) is 5.15. The van der Waals surface area contributed by atoms with Gasteiger partial charge < -0.3 is 9.27 Å². The van der Waals surface area contributed by atoms with Crippen molar-refractivity contribution in [2.45, 2.75) is 39.9 Å². The summed E-state index contributed by atoms with van der Waals surface area (Å²) in [6.45, 7) is 6.16. The molecule has 3 radical (unpaired) electrons. The molecule has 0 aliphatic rings. The molecule has 0 amide bonds. The van der Waals surface area contributed by atoms with Gasteiger partial charge >= 0.3 is 0 Å². The van der Waals surface area contributed by atoms with Crippen LogP contribution in [-0.4, -0.2) is 25.4 Å². The van der Waals surface area contributed by atoms with E-state index >= 15 is 0 Å². The first-order valence-electron chi connectivity index (χ1n) is 6.96. The molecule has 0 bridgehead atoms. The zero-order valence-corrected chi connectivity index (χ0v) is 12.0. The second kappa shape index (κ2) is 7.88. The zero-order chi connectivity index (χ0) is 14.3. The highest BCUT2D eigenvalue weighted by molar-refractivity contribution is 6.63. The van der Waals surface area contributed by atoms with Crippen molar-refractivity contribution in [2.75, 3.05) is 0 Å². The topological polar surface area (TPSA) is 22.0 Å². The minimum atomic E-state index is -0.371. The molecule has 0 unspecified atom stereocenters. The van der Waals surface area contributed by atoms with E-state index in [1.165, 1.54) is 6.42 Å². The lowest BCUT2D eigenvalue weighted by molar-refractivity contribution is 0.108. The highest BCUT2D eigenvalue weighted by atomic mass is 16.1. The number of benzene rings is 1. The van der Waals surface area contributed by atoms with Gasteiger partial charge in [-0.15, -0.1) is 0 Å². The van der Waals surface area contributed by atoms with E-state index in [2.05, 4.69) is 14.3 Å². The molecule has 0 saturated carbocycles. The molecule has 2 rings (SSSR count). The number of fused-ring (bicyclic) bond motifs is 1. The fraction of sp³-hybridized carbons (Fsp3) is 0.400. The predicted molar refractivity (Wildman–Crippen MR) is 84.2 cm³/mol. The van der Waals surface area contributed by atoms with Crippen LogP contribution in [0, 0.1) is 0 Å². The Balaban J connectivity index is 0.000000861. The molecule has 1 heterocycles. The van der Waals surface area contributed by atoms with Crippen molar-refractivity contribution in [1.29, 1.82) is 0 Å². The summed E-state index contributed by atoms with van der Waals surface area (Å²) >= 11 is 0. The van der Waals surface area contributed by atoms with Crippen LogP contribution < -0.4 is 0 Å². The van der Waals surface area contributed by atoms with Crippen LogP contribution in [0.4, 0.5) is 0 Å². The first-order chi connectivity index (χ1) is 9.24. The lowest BCUT2D eigenvalue weighted by atomic mass is 9.86. The molecule has 2 nitrogen and oxygen atoms in total. The molecule has 19 heavy (non-hydrogen) atoms. The summed E-state index contributed by atoms with van der Waals surface area (Å²) < 4.78 is 2.01. The highest BCUT2D eigenvalue weighted by Crippen LogP contribution is 2.20. The number of hydrogen-bond acceptors (Lipinski definition) is 1. The second-order valence-corrected chi connectivity index (χ2v) is 4.16.